The third-order valence-corrected chi connectivity index (χ3v) is 6.24. The fourth-order valence-corrected chi connectivity index (χ4v) is 4.14. The molecule has 3 rings (SSSR count). The van der Waals surface area contributed by atoms with Crippen LogP contribution in [-0.2, 0) is 9.59 Å². The molecule has 0 bridgehead atoms. The van der Waals surface area contributed by atoms with E-state index in [1.54, 1.807) is 53.4 Å². The summed E-state index contributed by atoms with van der Waals surface area (Å²) < 4.78 is 5.72. The lowest BCUT2D eigenvalue weighted by molar-refractivity contribution is -0.140. The van der Waals surface area contributed by atoms with Gasteiger partial charge in [-0.15, -0.1) is 0 Å². The van der Waals surface area contributed by atoms with E-state index in [1.807, 2.05) is 0 Å². The van der Waals surface area contributed by atoms with E-state index in [0.717, 1.165) is 18.7 Å². The predicted molar refractivity (Wildman–Crippen MR) is 135 cm³/mol. The van der Waals surface area contributed by atoms with Gasteiger partial charge in [-0.3, -0.25) is 9.59 Å². The number of halogens is 1. The van der Waals surface area contributed by atoms with Crippen molar-refractivity contribution in [2.45, 2.75) is 33.7 Å². The van der Waals surface area contributed by atoms with Crippen LogP contribution in [0.4, 0.5) is 0 Å². The molecule has 1 aliphatic heterocycles. The molecule has 0 aliphatic carbocycles. The van der Waals surface area contributed by atoms with Crippen molar-refractivity contribution in [3.8, 4) is 5.75 Å². The SMILES string of the molecule is CCN(CC)CCN1C(=O)C(=O)C(=C(O)c2ccc(OCC(C)C)cc2)[C@@H]1c1ccc(Cl)cc1. The molecular weight excluding hydrogens is 452 g/mol. The van der Waals surface area contributed by atoms with E-state index < -0.39 is 17.7 Å². The van der Waals surface area contributed by atoms with Gasteiger partial charge in [-0.05, 0) is 61.0 Å². The molecule has 1 N–H and O–H groups in total. The number of aliphatic hydroxyl groups is 1. The second kappa shape index (κ2) is 11.5. The van der Waals surface area contributed by atoms with E-state index in [1.165, 1.54) is 0 Å². The van der Waals surface area contributed by atoms with E-state index in [9.17, 15) is 14.7 Å². The molecule has 1 amide bonds. The Morgan fingerprint density at radius 3 is 2.24 bits per heavy atom. The van der Waals surface area contributed by atoms with Crippen molar-refractivity contribution in [2.75, 3.05) is 32.8 Å². The van der Waals surface area contributed by atoms with Crippen LogP contribution in [0.1, 0.15) is 44.9 Å². The number of ether oxygens (including phenoxy) is 1. The van der Waals surface area contributed by atoms with Crippen LogP contribution in [-0.4, -0.2) is 59.4 Å². The maximum absolute atomic E-state index is 13.1. The first-order valence-electron chi connectivity index (χ1n) is 11.8. The number of ketones is 1. The number of benzene rings is 2. The fourth-order valence-electron chi connectivity index (χ4n) is 4.02. The van der Waals surface area contributed by atoms with Crippen LogP contribution in [0.25, 0.3) is 5.76 Å². The molecule has 1 saturated heterocycles. The summed E-state index contributed by atoms with van der Waals surface area (Å²) in [6.07, 6.45) is 0. The third-order valence-electron chi connectivity index (χ3n) is 5.99. The molecule has 182 valence electrons. The number of carbonyl (C=O) groups excluding carboxylic acids is 2. The van der Waals surface area contributed by atoms with Gasteiger partial charge in [-0.25, -0.2) is 0 Å². The van der Waals surface area contributed by atoms with Gasteiger partial charge < -0.3 is 19.6 Å². The summed E-state index contributed by atoms with van der Waals surface area (Å²) in [5.41, 5.74) is 1.27. The van der Waals surface area contributed by atoms with Crippen molar-refractivity contribution in [1.82, 2.24) is 9.80 Å². The number of nitrogens with zero attached hydrogens (tertiary/aromatic N) is 2. The second-order valence-corrected chi connectivity index (χ2v) is 9.24. The summed E-state index contributed by atoms with van der Waals surface area (Å²) in [5.74, 6) is -0.416. The van der Waals surface area contributed by atoms with Gasteiger partial charge in [0.1, 0.15) is 11.5 Å². The number of likely N-dealkylation sites (tertiary alicyclic amines) is 1. The Morgan fingerprint density at radius 2 is 1.68 bits per heavy atom. The molecule has 1 aliphatic rings. The highest BCUT2D eigenvalue weighted by Crippen LogP contribution is 2.39. The zero-order valence-corrected chi connectivity index (χ0v) is 21.0. The maximum Gasteiger partial charge on any atom is 0.295 e. The highest BCUT2D eigenvalue weighted by molar-refractivity contribution is 6.46. The molecule has 2 aromatic carbocycles. The van der Waals surface area contributed by atoms with Crippen molar-refractivity contribution in [2.24, 2.45) is 5.92 Å². The largest absolute Gasteiger partial charge is 0.507 e. The number of likely N-dealkylation sites (N-methyl/N-ethyl adjacent to an activating group) is 1. The van der Waals surface area contributed by atoms with Crippen LogP contribution in [0, 0.1) is 5.92 Å². The summed E-state index contributed by atoms with van der Waals surface area (Å²) >= 11 is 6.08. The number of amides is 1. The van der Waals surface area contributed by atoms with Crippen LogP contribution in [0.15, 0.2) is 54.1 Å². The van der Waals surface area contributed by atoms with Crippen molar-refractivity contribution in [3.05, 3.63) is 70.3 Å². The van der Waals surface area contributed by atoms with E-state index in [0.29, 0.717) is 41.9 Å². The first-order valence-corrected chi connectivity index (χ1v) is 12.1. The molecule has 2 aromatic rings. The van der Waals surface area contributed by atoms with Crippen LogP contribution in [0.3, 0.4) is 0 Å². The average Bonchev–Trinajstić information content (AvgIpc) is 3.08. The Kier molecular flexibility index (Phi) is 8.75. The Bertz CT molecular complexity index is 1030. The van der Waals surface area contributed by atoms with Gasteiger partial charge in [-0.1, -0.05) is 51.4 Å². The third kappa shape index (κ3) is 5.80. The summed E-state index contributed by atoms with van der Waals surface area (Å²) in [6, 6.07) is 13.3. The lowest BCUT2D eigenvalue weighted by Crippen LogP contribution is -2.38. The van der Waals surface area contributed by atoms with E-state index in [4.69, 9.17) is 16.3 Å². The smallest absolute Gasteiger partial charge is 0.295 e. The molecule has 0 saturated carbocycles. The molecule has 0 spiro atoms. The number of carbonyl (C=O) groups is 2. The molecule has 1 atom stereocenters. The fraction of sp³-hybridized carbons (Fsp3) is 0.407. The number of rotatable bonds is 10. The lowest BCUT2D eigenvalue weighted by Gasteiger charge is -2.28. The van der Waals surface area contributed by atoms with Crippen molar-refractivity contribution < 1.29 is 19.4 Å². The molecule has 6 nitrogen and oxygen atoms in total. The Balaban J connectivity index is 2.00. The molecular formula is C27H33ClN2O4. The van der Waals surface area contributed by atoms with Crippen molar-refractivity contribution in [1.29, 1.82) is 0 Å². The predicted octanol–water partition coefficient (Wildman–Crippen LogP) is 5.14. The van der Waals surface area contributed by atoms with E-state index in [-0.39, 0.29) is 11.3 Å². The summed E-state index contributed by atoms with van der Waals surface area (Å²) in [7, 11) is 0. The Labute approximate surface area is 206 Å². The standard InChI is InChI=1S/C27H33ClN2O4/c1-5-29(6-2)15-16-30-24(19-7-11-21(28)12-8-19)23(26(32)27(30)33)25(31)20-9-13-22(14-10-20)34-17-18(3)4/h7-14,18,24,31H,5-6,15-17H2,1-4H3/t24-/m0/s1. The monoisotopic (exact) mass is 484 g/mol. The first kappa shape index (κ1) is 25.8. The van der Waals surface area contributed by atoms with Gasteiger partial charge in [-0.2, -0.15) is 0 Å². The molecule has 1 fully saturated rings. The number of hydrogen-bond acceptors (Lipinski definition) is 5. The Morgan fingerprint density at radius 1 is 1.06 bits per heavy atom. The molecule has 0 unspecified atom stereocenters. The van der Waals surface area contributed by atoms with Crippen LogP contribution in [0.2, 0.25) is 5.02 Å². The zero-order valence-electron chi connectivity index (χ0n) is 20.3. The average molecular weight is 485 g/mol. The van der Waals surface area contributed by atoms with Gasteiger partial charge in [0, 0.05) is 23.7 Å². The summed E-state index contributed by atoms with van der Waals surface area (Å²) in [4.78, 5) is 29.9. The van der Waals surface area contributed by atoms with Gasteiger partial charge in [0.15, 0.2) is 0 Å². The van der Waals surface area contributed by atoms with Gasteiger partial charge in [0.2, 0.25) is 0 Å². The summed E-state index contributed by atoms with van der Waals surface area (Å²) in [6.45, 7) is 11.5. The second-order valence-electron chi connectivity index (χ2n) is 8.80. The Hall–Kier alpha value is -2.83. The quantitative estimate of drug-likeness (QED) is 0.287. The van der Waals surface area contributed by atoms with Crippen LogP contribution < -0.4 is 4.74 Å². The van der Waals surface area contributed by atoms with Gasteiger partial charge in [0.05, 0.1) is 18.2 Å². The van der Waals surface area contributed by atoms with E-state index >= 15 is 0 Å². The zero-order chi connectivity index (χ0) is 24.8. The normalized spacial score (nSPS) is 17.7. The first-order chi connectivity index (χ1) is 16.3. The minimum absolute atomic E-state index is 0.0859. The highest BCUT2D eigenvalue weighted by Gasteiger charge is 2.45. The van der Waals surface area contributed by atoms with E-state index in [2.05, 4.69) is 32.6 Å². The highest BCUT2D eigenvalue weighted by atomic mass is 35.5. The van der Waals surface area contributed by atoms with Crippen LogP contribution >= 0.6 is 11.6 Å². The minimum Gasteiger partial charge on any atom is -0.507 e. The van der Waals surface area contributed by atoms with Gasteiger partial charge >= 0.3 is 0 Å². The topological polar surface area (TPSA) is 70.1 Å². The maximum atomic E-state index is 13.1. The van der Waals surface area contributed by atoms with Crippen LogP contribution in [0.5, 0.6) is 5.75 Å². The number of Topliss-reactive ketones (excluding diaryl/α,β-unsaturated/α-hetero) is 1. The molecule has 1 heterocycles. The van der Waals surface area contributed by atoms with Gasteiger partial charge in [0.25, 0.3) is 11.7 Å². The molecule has 0 radical (unpaired) electrons. The number of hydrogen-bond donors (Lipinski definition) is 1. The minimum atomic E-state index is -0.690. The molecule has 0 aromatic heterocycles. The van der Waals surface area contributed by atoms with Crippen molar-refractivity contribution >= 4 is 29.1 Å². The lowest BCUT2D eigenvalue weighted by atomic mass is 9.95. The molecule has 7 heteroatoms. The summed E-state index contributed by atoms with van der Waals surface area (Å²) in [5, 5.41) is 11.8. The number of aliphatic hydroxyl groups excluding tert-OH is 1. The molecule has 34 heavy (non-hydrogen) atoms. The van der Waals surface area contributed by atoms with Crippen molar-refractivity contribution in [3.63, 3.8) is 0 Å².